The number of rotatable bonds is 2. The molecule has 1 atom stereocenters. The fraction of sp³-hybridized carbons (Fsp3) is 0.364. The average Bonchev–Trinajstić information content (AvgIpc) is 2.63. The fourth-order valence-corrected chi connectivity index (χ4v) is 2.14. The third-order valence-electron chi connectivity index (χ3n) is 2.34. The molecule has 0 radical (unpaired) electrons. The Morgan fingerprint density at radius 2 is 2.47 bits per heavy atom. The number of benzene rings is 1. The van der Waals surface area contributed by atoms with Crippen LogP contribution in [0.15, 0.2) is 22.7 Å². The Bertz CT molecular complexity index is 389. The Hall–Kier alpha value is -1.03. The number of halogens is 1. The minimum absolute atomic E-state index is 0.214. The van der Waals surface area contributed by atoms with E-state index in [0.717, 1.165) is 15.8 Å². The maximum atomic E-state index is 11.6. The predicted molar refractivity (Wildman–Crippen MR) is 59.0 cm³/mol. The van der Waals surface area contributed by atoms with Gasteiger partial charge >= 0.3 is 5.97 Å². The van der Waals surface area contributed by atoms with Crippen LogP contribution in [0, 0.1) is 0 Å². The summed E-state index contributed by atoms with van der Waals surface area (Å²) in [5.74, 6) is 0.266. The Morgan fingerprint density at radius 3 is 3.20 bits per heavy atom. The number of ether oxygens (including phenoxy) is 2. The van der Waals surface area contributed by atoms with Crippen molar-refractivity contribution in [2.45, 2.75) is 12.8 Å². The molecule has 0 amide bonds. The summed E-state index contributed by atoms with van der Waals surface area (Å²) < 4.78 is 11.3. The van der Waals surface area contributed by atoms with E-state index in [1.54, 1.807) is 6.92 Å². The van der Waals surface area contributed by atoms with Crippen molar-refractivity contribution < 1.29 is 14.3 Å². The van der Waals surface area contributed by atoms with E-state index < -0.39 is 0 Å². The molecule has 4 heteroatoms. The predicted octanol–water partition coefficient (Wildman–Crippen LogP) is 2.49. The smallest absolute Gasteiger partial charge is 0.317 e. The second-order valence-electron chi connectivity index (χ2n) is 3.27. The molecule has 0 fully saturated rings. The van der Waals surface area contributed by atoms with E-state index in [-0.39, 0.29) is 11.9 Å². The highest BCUT2D eigenvalue weighted by molar-refractivity contribution is 9.10. The van der Waals surface area contributed by atoms with E-state index in [0.29, 0.717) is 13.2 Å². The quantitative estimate of drug-likeness (QED) is 0.775. The number of carbonyl (C=O) groups is 1. The maximum absolute atomic E-state index is 11.6. The van der Waals surface area contributed by atoms with Crippen LogP contribution in [0.1, 0.15) is 18.4 Å². The van der Waals surface area contributed by atoms with Gasteiger partial charge in [-0.15, -0.1) is 0 Å². The molecule has 0 bridgehead atoms. The van der Waals surface area contributed by atoms with Crippen LogP contribution in [0.5, 0.6) is 5.75 Å². The average molecular weight is 271 g/mol. The third kappa shape index (κ3) is 1.86. The molecule has 1 aromatic carbocycles. The molecule has 0 aliphatic carbocycles. The largest absolute Gasteiger partial charge is 0.491 e. The molecule has 15 heavy (non-hydrogen) atoms. The number of hydrogen-bond acceptors (Lipinski definition) is 3. The van der Waals surface area contributed by atoms with Crippen molar-refractivity contribution in [3.05, 3.63) is 28.2 Å². The van der Waals surface area contributed by atoms with Crippen LogP contribution in [0.25, 0.3) is 0 Å². The summed E-state index contributed by atoms with van der Waals surface area (Å²) in [6.45, 7) is 2.57. The first-order valence-corrected chi connectivity index (χ1v) is 5.61. The van der Waals surface area contributed by atoms with E-state index in [1.807, 2.05) is 18.2 Å². The lowest BCUT2D eigenvalue weighted by Gasteiger charge is -2.07. The number of fused-ring (bicyclic) bond motifs is 1. The van der Waals surface area contributed by atoms with Gasteiger partial charge in [-0.25, -0.2) is 0 Å². The number of para-hydroxylation sites is 1. The van der Waals surface area contributed by atoms with E-state index in [4.69, 9.17) is 9.47 Å². The maximum Gasteiger partial charge on any atom is 0.317 e. The highest BCUT2D eigenvalue weighted by Gasteiger charge is 2.32. The molecule has 1 aliphatic rings. The fourth-order valence-electron chi connectivity index (χ4n) is 1.65. The molecule has 3 nitrogen and oxygen atoms in total. The van der Waals surface area contributed by atoms with Crippen molar-refractivity contribution in [3.63, 3.8) is 0 Å². The first-order chi connectivity index (χ1) is 7.24. The molecular weight excluding hydrogens is 260 g/mol. The summed E-state index contributed by atoms with van der Waals surface area (Å²) in [6.07, 6.45) is 0. The molecule has 1 aromatic rings. The van der Waals surface area contributed by atoms with Crippen LogP contribution in [0.3, 0.4) is 0 Å². The number of carbonyl (C=O) groups excluding carboxylic acids is 1. The van der Waals surface area contributed by atoms with Crippen LogP contribution in [-0.2, 0) is 9.53 Å². The molecule has 0 N–H and O–H groups in total. The lowest BCUT2D eigenvalue weighted by atomic mass is 10.0. The molecule has 2 rings (SSSR count). The minimum atomic E-state index is -0.280. The van der Waals surface area contributed by atoms with Crippen LogP contribution in [0.4, 0.5) is 0 Å². The van der Waals surface area contributed by atoms with E-state index >= 15 is 0 Å². The zero-order chi connectivity index (χ0) is 10.8. The monoisotopic (exact) mass is 270 g/mol. The molecule has 1 aliphatic heterocycles. The van der Waals surface area contributed by atoms with Gasteiger partial charge in [0.1, 0.15) is 18.3 Å². The van der Waals surface area contributed by atoms with Gasteiger partial charge in [0.15, 0.2) is 0 Å². The van der Waals surface area contributed by atoms with E-state index in [9.17, 15) is 4.79 Å². The molecule has 80 valence electrons. The lowest BCUT2D eigenvalue weighted by molar-refractivity contribution is -0.145. The lowest BCUT2D eigenvalue weighted by Crippen LogP contribution is -2.16. The van der Waals surface area contributed by atoms with Gasteiger partial charge in [-0.05, 0) is 28.9 Å². The van der Waals surface area contributed by atoms with Gasteiger partial charge in [0.05, 0.1) is 11.1 Å². The Labute approximate surface area is 96.5 Å². The zero-order valence-electron chi connectivity index (χ0n) is 8.33. The van der Waals surface area contributed by atoms with E-state index in [1.165, 1.54) is 0 Å². The normalized spacial score (nSPS) is 18.1. The minimum Gasteiger partial charge on any atom is -0.491 e. The van der Waals surface area contributed by atoms with Crippen LogP contribution >= 0.6 is 15.9 Å². The highest BCUT2D eigenvalue weighted by Crippen LogP contribution is 2.39. The van der Waals surface area contributed by atoms with Gasteiger partial charge in [0.25, 0.3) is 0 Å². The summed E-state index contributed by atoms with van der Waals surface area (Å²) in [7, 11) is 0. The van der Waals surface area contributed by atoms with Gasteiger partial charge in [0.2, 0.25) is 0 Å². The van der Waals surface area contributed by atoms with Crippen molar-refractivity contribution in [2.75, 3.05) is 13.2 Å². The number of hydrogen-bond donors (Lipinski definition) is 0. The van der Waals surface area contributed by atoms with Crippen LogP contribution in [-0.4, -0.2) is 19.2 Å². The van der Waals surface area contributed by atoms with E-state index in [2.05, 4.69) is 15.9 Å². The summed E-state index contributed by atoms with van der Waals surface area (Å²) in [6, 6.07) is 5.69. The summed E-state index contributed by atoms with van der Waals surface area (Å²) in [4.78, 5) is 11.6. The Kier molecular flexibility index (Phi) is 2.95. The topological polar surface area (TPSA) is 35.5 Å². The first kappa shape index (κ1) is 10.5. The van der Waals surface area contributed by atoms with Gasteiger partial charge in [0, 0.05) is 5.56 Å². The number of esters is 1. The van der Waals surface area contributed by atoms with Gasteiger partial charge in [-0.3, -0.25) is 4.79 Å². The zero-order valence-corrected chi connectivity index (χ0v) is 9.91. The summed E-state index contributed by atoms with van der Waals surface area (Å²) in [5, 5.41) is 0. The molecule has 0 spiro atoms. The van der Waals surface area contributed by atoms with Gasteiger partial charge in [-0.1, -0.05) is 12.1 Å². The molecule has 0 aromatic heterocycles. The standard InChI is InChI=1S/C11H11BrO3/c1-2-14-11(13)8-6-15-10-7(8)4-3-5-9(10)12/h3-5,8H,2,6H2,1H3. The van der Waals surface area contributed by atoms with Crippen molar-refractivity contribution in [1.82, 2.24) is 0 Å². The van der Waals surface area contributed by atoms with Gasteiger partial charge < -0.3 is 9.47 Å². The second-order valence-corrected chi connectivity index (χ2v) is 4.13. The second kappa shape index (κ2) is 4.23. The van der Waals surface area contributed by atoms with Crippen molar-refractivity contribution in [1.29, 1.82) is 0 Å². The molecule has 1 heterocycles. The summed E-state index contributed by atoms with van der Waals surface area (Å²) >= 11 is 3.39. The van der Waals surface area contributed by atoms with Crippen molar-refractivity contribution in [2.24, 2.45) is 0 Å². The van der Waals surface area contributed by atoms with Crippen LogP contribution < -0.4 is 4.74 Å². The highest BCUT2D eigenvalue weighted by atomic mass is 79.9. The van der Waals surface area contributed by atoms with Crippen molar-refractivity contribution >= 4 is 21.9 Å². The third-order valence-corrected chi connectivity index (χ3v) is 2.96. The van der Waals surface area contributed by atoms with Gasteiger partial charge in [-0.2, -0.15) is 0 Å². The Balaban J connectivity index is 2.29. The summed E-state index contributed by atoms with van der Waals surface area (Å²) in [5.41, 5.74) is 0.905. The Morgan fingerprint density at radius 1 is 1.67 bits per heavy atom. The molecule has 0 saturated heterocycles. The molecular formula is C11H11BrO3. The SMILES string of the molecule is CCOC(=O)C1COc2c(Br)cccc21. The first-order valence-electron chi connectivity index (χ1n) is 4.82. The molecule has 0 saturated carbocycles. The van der Waals surface area contributed by atoms with Crippen LogP contribution in [0.2, 0.25) is 0 Å². The molecule has 1 unspecified atom stereocenters. The van der Waals surface area contributed by atoms with Crippen molar-refractivity contribution in [3.8, 4) is 5.75 Å².